The molecule has 12 unspecified atom stereocenters. The molecule has 7 N–H and O–H groups in total. The van der Waals surface area contributed by atoms with E-state index < -0.39 is 11.8 Å². The maximum absolute atomic E-state index is 11.2. The topological polar surface area (TPSA) is 144 Å². The predicted octanol–water partition coefficient (Wildman–Crippen LogP) is 4.39. The van der Waals surface area contributed by atoms with E-state index in [0.717, 1.165) is 83.5 Å². The molecule has 1 aliphatic heterocycles. The molecule has 244 valence electrons. The molecule has 12 atom stereocenters. The highest BCUT2D eigenvalue weighted by Crippen LogP contribution is 2.69. The highest BCUT2D eigenvalue weighted by atomic mass is 16.6. The molecular weight excluding hydrogens is 542 g/mol. The van der Waals surface area contributed by atoms with Crippen molar-refractivity contribution < 1.29 is 25.2 Å². The van der Waals surface area contributed by atoms with Crippen LogP contribution in [0.4, 0.5) is 0 Å². The van der Waals surface area contributed by atoms with Crippen molar-refractivity contribution in [2.24, 2.45) is 51.1 Å². The van der Waals surface area contributed by atoms with Crippen LogP contribution in [0.2, 0.25) is 0 Å². The third kappa shape index (κ3) is 6.05. The van der Waals surface area contributed by atoms with Gasteiger partial charge in [-0.15, -0.1) is 0 Å². The zero-order valence-electron chi connectivity index (χ0n) is 26.9. The van der Waals surface area contributed by atoms with Gasteiger partial charge in [-0.3, -0.25) is 4.99 Å². The van der Waals surface area contributed by atoms with Gasteiger partial charge in [0.25, 0.3) is 0 Å². The third-order valence-corrected chi connectivity index (χ3v) is 13.7. The summed E-state index contributed by atoms with van der Waals surface area (Å²) in [6.45, 7) is 4.94. The Morgan fingerprint density at radius 2 is 1.93 bits per heavy atom. The zero-order valence-corrected chi connectivity index (χ0v) is 26.9. The number of guanidine groups is 1. The monoisotopic (exact) mass is 601 g/mol. The Morgan fingerprint density at radius 3 is 2.67 bits per heavy atom. The number of hydrogen-bond acceptors (Lipinski definition) is 6. The number of nitrogens with two attached hydrogens (primary N) is 1. The summed E-state index contributed by atoms with van der Waals surface area (Å²) in [7, 11) is 1.63. The van der Waals surface area contributed by atoms with Gasteiger partial charge in [0.2, 0.25) is 0 Å². The lowest BCUT2D eigenvalue weighted by Gasteiger charge is -2.58. The molecule has 0 amide bonds. The number of allylic oxidation sites excluding steroid dienone is 1. The van der Waals surface area contributed by atoms with Gasteiger partial charge in [-0.1, -0.05) is 18.6 Å². The largest absolute Gasteiger partial charge is 0.393 e. The van der Waals surface area contributed by atoms with Crippen molar-refractivity contribution in [3.63, 3.8) is 0 Å². The fourth-order valence-corrected chi connectivity index (χ4v) is 11.2. The smallest absolute Gasteiger partial charge is 0.190 e. The molecule has 0 aromatic heterocycles. The van der Waals surface area contributed by atoms with Crippen LogP contribution in [0.25, 0.3) is 0 Å². The number of epoxide rings is 1. The van der Waals surface area contributed by atoms with Crippen molar-refractivity contribution in [2.75, 3.05) is 13.7 Å². The van der Waals surface area contributed by atoms with Crippen LogP contribution in [-0.2, 0) is 4.74 Å². The molecule has 0 bridgehead atoms. The summed E-state index contributed by atoms with van der Waals surface area (Å²) in [5, 5.41) is 45.3. The van der Waals surface area contributed by atoms with E-state index in [2.05, 4.69) is 30.2 Å². The van der Waals surface area contributed by atoms with Crippen molar-refractivity contribution in [3.8, 4) is 0 Å². The maximum atomic E-state index is 11.2. The molecule has 5 saturated carbocycles. The van der Waals surface area contributed by atoms with Crippen molar-refractivity contribution >= 4 is 5.96 Å². The minimum Gasteiger partial charge on any atom is -0.393 e. The second kappa shape index (κ2) is 11.9. The summed E-state index contributed by atoms with van der Waals surface area (Å²) >= 11 is 0. The SMILES string of the molecule is CN=C(N)NC(O)C1CCC(C2(C)CC3C(=CCO)CC4(CCC(CCC5(O)CCCC(O)C5)C4)C4OC4(C)CCC32)C1. The van der Waals surface area contributed by atoms with Gasteiger partial charge in [-0.25, -0.2) is 0 Å². The first-order chi connectivity index (χ1) is 20.4. The number of nitrogens with one attached hydrogen (secondary N) is 1. The Hall–Kier alpha value is -1.19. The van der Waals surface area contributed by atoms with Gasteiger partial charge in [-0.2, -0.15) is 0 Å². The molecule has 0 radical (unpaired) electrons. The van der Waals surface area contributed by atoms with Crippen molar-refractivity contribution in [2.45, 2.75) is 146 Å². The van der Waals surface area contributed by atoms with Gasteiger partial charge in [0, 0.05) is 24.8 Å². The lowest BCUT2D eigenvalue weighted by molar-refractivity contribution is -0.0716. The summed E-state index contributed by atoms with van der Waals surface area (Å²) in [5.74, 6) is 2.72. The quantitative estimate of drug-likeness (QED) is 0.0835. The molecule has 0 aromatic carbocycles. The van der Waals surface area contributed by atoms with Crippen LogP contribution < -0.4 is 11.1 Å². The number of fused-ring (bicyclic) bond motifs is 3. The van der Waals surface area contributed by atoms with Gasteiger partial charge in [0.15, 0.2) is 5.96 Å². The molecule has 6 rings (SSSR count). The molecule has 1 heterocycles. The van der Waals surface area contributed by atoms with E-state index in [1.54, 1.807) is 7.05 Å². The van der Waals surface area contributed by atoms with E-state index in [1.165, 1.54) is 18.4 Å². The molecule has 6 aliphatic rings. The highest BCUT2D eigenvalue weighted by molar-refractivity contribution is 5.77. The van der Waals surface area contributed by atoms with Gasteiger partial charge < -0.3 is 36.2 Å². The third-order valence-electron chi connectivity index (χ3n) is 13.7. The van der Waals surface area contributed by atoms with Crippen molar-refractivity contribution in [1.82, 2.24) is 5.32 Å². The van der Waals surface area contributed by atoms with E-state index in [9.17, 15) is 20.4 Å². The fourth-order valence-electron chi connectivity index (χ4n) is 11.2. The summed E-state index contributed by atoms with van der Waals surface area (Å²) in [4.78, 5) is 3.96. The fraction of sp³-hybridized carbons (Fsp3) is 0.914. The van der Waals surface area contributed by atoms with Gasteiger partial charge >= 0.3 is 0 Å². The molecule has 5 aliphatic carbocycles. The first-order valence-electron chi connectivity index (χ1n) is 17.5. The molecule has 8 heteroatoms. The number of aliphatic hydroxyl groups excluding tert-OH is 3. The number of aliphatic hydroxyl groups is 4. The molecule has 43 heavy (non-hydrogen) atoms. The van der Waals surface area contributed by atoms with Crippen LogP contribution in [0.15, 0.2) is 16.6 Å². The molecule has 6 fully saturated rings. The van der Waals surface area contributed by atoms with E-state index in [-0.39, 0.29) is 41.2 Å². The van der Waals surface area contributed by atoms with Crippen molar-refractivity contribution in [1.29, 1.82) is 0 Å². The average molecular weight is 602 g/mol. The Balaban J connectivity index is 1.15. The summed E-state index contributed by atoms with van der Waals surface area (Å²) in [5.41, 5.74) is 6.89. The van der Waals surface area contributed by atoms with E-state index in [0.29, 0.717) is 36.1 Å². The minimum absolute atomic E-state index is 0.0639. The summed E-state index contributed by atoms with van der Waals surface area (Å²) in [6.07, 6.45) is 17.4. The average Bonchev–Trinajstić information content (AvgIpc) is 3.29. The van der Waals surface area contributed by atoms with Gasteiger partial charge in [0.05, 0.1) is 30.0 Å². The Labute approximate surface area is 258 Å². The molecular formula is C35H59N3O5. The maximum Gasteiger partial charge on any atom is 0.190 e. The highest BCUT2D eigenvalue weighted by Gasteiger charge is 2.67. The number of nitrogens with zero attached hydrogens (tertiary/aromatic N) is 1. The first kappa shape index (κ1) is 31.8. The molecule has 1 saturated heterocycles. The standard InChI is InChI=1S/C35H59N3O5/c1-32(25-7-6-23(17-25)29(41)38-31(36)37-3)21-27-24(11-16-39)19-34(30-33(2,43-30)13-10-28(27)32)14-8-22(18-34)9-15-35(42)12-4-5-26(40)20-35/h11,22-23,25-30,39-42H,4-10,12-21H2,1-3H3,(H3,36,37,38). The second-order valence-corrected chi connectivity index (χ2v) is 16.4. The van der Waals surface area contributed by atoms with Crippen LogP contribution in [-0.4, -0.2) is 69.7 Å². The van der Waals surface area contributed by atoms with Gasteiger partial charge in [0.1, 0.15) is 6.23 Å². The zero-order chi connectivity index (χ0) is 30.6. The summed E-state index contributed by atoms with van der Waals surface area (Å²) in [6, 6.07) is 0. The Bertz CT molecular complexity index is 1080. The second-order valence-electron chi connectivity index (χ2n) is 16.4. The first-order valence-corrected chi connectivity index (χ1v) is 17.5. The normalized spacial score (nSPS) is 49.9. The van der Waals surface area contributed by atoms with Gasteiger partial charge in [-0.05, 0) is 132 Å². The lowest BCUT2D eigenvalue weighted by Crippen LogP contribution is -2.51. The molecule has 0 aromatic rings. The molecule has 8 nitrogen and oxygen atoms in total. The van der Waals surface area contributed by atoms with Crippen molar-refractivity contribution in [3.05, 3.63) is 11.6 Å². The number of rotatable bonds is 7. The Morgan fingerprint density at radius 1 is 1.12 bits per heavy atom. The Kier molecular flexibility index (Phi) is 8.77. The van der Waals surface area contributed by atoms with Crippen LogP contribution in [0.1, 0.15) is 117 Å². The van der Waals surface area contributed by atoms with Crippen LogP contribution >= 0.6 is 0 Å². The lowest BCUT2D eigenvalue weighted by atomic mass is 9.46. The number of aliphatic imine (C=N–C) groups is 1. The number of ether oxygens (including phenoxy) is 1. The van der Waals surface area contributed by atoms with Crippen LogP contribution in [0.5, 0.6) is 0 Å². The van der Waals surface area contributed by atoms with E-state index in [4.69, 9.17) is 10.5 Å². The predicted molar refractivity (Wildman–Crippen MR) is 168 cm³/mol. The van der Waals surface area contributed by atoms with E-state index >= 15 is 0 Å². The molecule has 1 spiro atoms. The van der Waals surface area contributed by atoms with Crippen LogP contribution in [0, 0.1) is 40.4 Å². The number of hydrogen-bond donors (Lipinski definition) is 6. The minimum atomic E-state index is -0.705. The van der Waals surface area contributed by atoms with Crippen LogP contribution in [0.3, 0.4) is 0 Å². The summed E-state index contributed by atoms with van der Waals surface area (Å²) < 4.78 is 6.68. The van der Waals surface area contributed by atoms with E-state index in [1.807, 2.05) is 0 Å².